The molecule has 0 saturated carbocycles. The first-order chi connectivity index (χ1) is 11.6. The van der Waals surface area contributed by atoms with Crippen molar-refractivity contribution in [1.82, 2.24) is 20.1 Å². The summed E-state index contributed by atoms with van der Waals surface area (Å²) in [4.78, 5) is 16.2. The number of fused-ring (bicyclic) bond motifs is 1. The normalized spacial score (nSPS) is 11.0. The standard InChI is InChI=1S/C19H22N4O/c1-4-23-12-15(11-21-23)18-9-13(2)16-10-14(5-7-17(16)22-18)6-8-19(24)20-3/h5,7,9-12H,4,6,8H2,1-3H3,(H,20,24). The second-order valence-electron chi connectivity index (χ2n) is 5.93. The Morgan fingerprint density at radius 2 is 2.12 bits per heavy atom. The number of rotatable bonds is 5. The average Bonchev–Trinajstić information content (AvgIpc) is 3.09. The third kappa shape index (κ3) is 3.30. The number of hydrogen-bond donors (Lipinski definition) is 1. The minimum atomic E-state index is 0.0632. The molecule has 1 amide bonds. The lowest BCUT2D eigenvalue weighted by Crippen LogP contribution is -2.17. The Hall–Kier alpha value is -2.69. The van der Waals surface area contributed by atoms with Crippen molar-refractivity contribution >= 4 is 16.8 Å². The summed E-state index contributed by atoms with van der Waals surface area (Å²) >= 11 is 0. The molecule has 0 saturated heterocycles. The van der Waals surface area contributed by atoms with Crippen molar-refractivity contribution in [3.63, 3.8) is 0 Å². The van der Waals surface area contributed by atoms with Crippen LogP contribution >= 0.6 is 0 Å². The summed E-state index contributed by atoms with van der Waals surface area (Å²) in [7, 11) is 1.67. The number of nitrogens with one attached hydrogen (secondary N) is 1. The van der Waals surface area contributed by atoms with Gasteiger partial charge in [-0.15, -0.1) is 0 Å². The molecule has 0 unspecified atom stereocenters. The van der Waals surface area contributed by atoms with Gasteiger partial charge in [-0.1, -0.05) is 6.07 Å². The first-order valence-corrected chi connectivity index (χ1v) is 8.24. The zero-order chi connectivity index (χ0) is 17.1. The molecule has 1 aromatic carbocycles. The van der Waals surface area contributed by atoms with E-state index in [9.17, 15) is 4.79 Å². The summed E-state index contributed by atoms with van der Waals surface area (Å²) in [6, 6.07) is 8.33. The number of hydrogen-bond acceptors (Lipinski definition) is 3. The van der Waals surface area contributed by atoms with Gasteiger partial charge in [0.15, 0.2) is 0 Å². The summed E-state index contributed by atoms with van der Waals surface area (Å²) < 4.78 is 1.90. The predicted octanol–water partition coefficient (Wildman–Crippen LogP) is 3.11. The van der Waals surface area contributed by atoms with E-state index < -0.39 is 0 Å². The number of aromatic nitrogens is 3. The number of pyridine rings is 1. The maximum absolute atomic E-state index is 11.4. The Balaban J connectivity index is 1.93. The highest BCUT2D eigenvalue weighted by Gasteiger charge is 2.08. The first kappa shape index (κ1) is 16.2. The van der Waals surface area contributed by atoms with Crippen molar-refractivity contribution in [1.29, 1.82) is 0 Å². The highest BCUT2D eigenvalue weighted by Crippen LogP contribution is 2.25. The van der Waals surface area contributed by atoms with Crippen LogP contribution in [0.25, 0.3) is 22.2 Å². The van der Waals surface area contributed by atoms with Crippen LogP contribution in [-0.2, 0) is 17.8 Å². The lowest BCUT2D eigenvalue weighted by atomic mass is 10.0. The maximum atomic E-state index is 11.4. The Labute approximate surface area is 141 Å². The van der Waals surface area contributed by atoms with Gasteiger partial charge in [-0.05, 0) is 49.6 Å². The number of amides is 1. The fourth-order valence-corrected chi connectivity index (χ4v) is 2.80. The van der Waals surface area contributed by atoms with Gasteiger partial charge in [0, 0.05) is 37.2 Å². The van der Waals surface area contributed by atoms with Crippen molar-refractivity contribution in [2.75, 3.05) is 7.05 Å². The molecule has 5 nitrogen and oxygen atoms in total. The van der Waals surface area contributed by atoms with E-state index in [1.165, 1.54) is 5.56 Å². The van der Waals surface area contributed by atoms with Crippen LogP contribution in [0.2, 0.25) is 0 Å². The zero-order valence-electron chi connectivity index (χ0n) is 14.3. The summed E-state index contributed by atoms with van der Waals surface area (Å²) in [6.07, 6.45) is 5.11. The van der Waals surface area contributed by atoms with Crippen LogP contribution in [0.5, 0.6) is 0 Å². The quantitative estimate of drug-likeness (QED) is 0.785. The minimum absolute atomic E-state index is 0.0632. The molecule has 0 fully saturated rings. The molecule has 0 aliphatic rings. The Morgan fingerprint density at radius 1 is 1.29 bits per heavy atom. The maximum Gasteiger partial charge on any atom is 0.220 e. The van der Waals surface area contributed by atoms with Crippen LogP contribution in [0.15, 0.2) is 36.7 Å². The lowest BCUT2D eigenvalue weighted by Gasteiger charge is -2.08. The van der Waals surface area contributed by atoms with Crippen molar-refractivity contribution in [2.45, 2.75) is 33.2 Å². The van der Waals surface area contributed by atoms with Gasteiger partial charge in [0.05, 0.1) is 17.4 Å². The average molecular weight is 322 g/mol. The van der Waals surface area contributed by atoms with Gasteiger partial charge in [-0.25, -0.2) is 4.98 Å². The van der Waals surface area contributed by atoms with Crippen molar-refractivity contribution < 1.29 is 4.79 Å². The number of carbonyl (C=O) groups is 1. The molecule has 3 rings (SSSR count). The van der Waals surface area contributed by atoms with Crippen LogP contribution in [0.3, 0.4) is 0 Å². The molecule has 0 spiro atoms. The molecule has 1 N–H and O–H groups in total. The summed E-state index contributed by atoms with van der Waals surface area (Å²) in [5, 5.41) is 8.11. The van der Waals surface area contributed by atoms with Crippen LogP contribution < -0.4 is 5.32 Å². The van der Waals surface area contributed by atoms with Crippen LogP contribution in [0, 0.1) is 6.92 Å². The molecule has 0 bridgehead atoms. The Kier molecular flexibility index (Phi) is 4.60. The second-order valence-corrected chi connectivity index (χ2v) is 5.93. The second kappa shape index (κ2) is 6.83. The molecule has 0 aliphatic heterocycles. The van der Waals surface area contributed by atoms with E-state index in [-0.39, 0.29) is 5.91 Å². The fraction of sp³-hybridized carbons (Fsp3) is 0.316. The van der Waals surface area contributed by atoms with Gasteiger partial charge >= 0.3 is 0 Å². The predicted molar refractivity (Wildman–Crippen MR) is 95.8 cm³/mol. The third-order valence-electron chi connectivity index (χ3n) is 4.25. The molecule has 3 aromatic rings. The molecule has 24 heavy (non-hydrogen) atoms. The minimum Gasteiger partial charge on any atom is -0.359 e. The molecular weight excluding hydrogens is 300 g/mol. The molecule has 0 atom stereocenters. The van der Waals surface area contributed by atoms with E-state index in [1.807, 2.05) is 23.1 Å². The smallest absolute Gasteiger partial charge is 0.220 e. The highest BCUT2D eigenvalue weighted by molar-refractivity contribution is 5.85. The largest absolute Gasteiger partial charge is 0.359 e. The van der Waals surface area contributed by atoms with Gasteiger partial charge in [-0.2, -0.15) is 5.10 Å². The Morgan fingerprint density at radius 3 is 2.83 bits per heavy atom. The molecular formula is C19H22N4O. The van der Waals surface area contributed by atoms with Crippen molar-refractivity contribution in [3.05, 3.63) is 47.8 Å². The highest BCUT2D eigenvalue weighted by atomic mass is 16.1. The van der Waals surface area contributed by atoms with Crippen molar-refractivity contribution in [3.8, 4) is 11.3 Å². The lowest BCUT2D eigenvalue weighted by molar-refractivity contribution is -0.120. The van der Waals surface area contributed by atoms with Gasteiger partial charge in [0.1, 0.15) is 0 Å². The number of benzene rings is 1. The van der Waals surface area contributed by atoms with E-state index in [1.54, 1.807) is 7.05 Å². The van der Waals surface area contributed by atoms with Crippen LogP contribution in [0.4, 0.5) is 0 Å². The number of aryl methyl sites for hydroxylation is 3. The SMILES string of the molecule is CCn1cc(-c2cc(C)c3cc(CCC(=O)NC)ccc3n2)cn1. The van der Waals surface area contributed by atoms with E-state index in [4.69, 9.17) is 4.98 Å². The first-order valence-electron chi connectivity index (χ1n) is 8.24. The molecule has 0 aliphatic carbocycles. The summed E-state index contributed by atoms with van der Waals surface area (Å²) in [6.45, 7) is 5.01. The van der Waals surface area contributed by atoms with E-state index in [0.717, 1.165) is 40.7 Å². The third-order valence-corrected chi connectivity index (χ3v) is 4.25. The van der Waals surface area contributed by atoms with E-state index in [2.05, 4.69) is 42.5 Å². The van der Waals surface area contributed by atoms with Crippen molar-refractivity contribution in [2.24, 2.45) is 0 Å². The molecule has 5 heteroatoms. The van der Waals surface area contributed by atoms with Gasteiger partial charge < -0.3 is 5.32 Å². The van der Waals surface area contributed by atoms with Gasteiger partial charge in [-0.3, -0.25) is 9.48 Å². The van der Waals surface area contributed by atoms with Crippen LogP contribution in [0.1, 0.15) is 24.5 Å². The number of nitrogens with zero attached hydrogens (tertiary/aromatic N) is 3. The summed E-state index contributed by atoms with van der Waals surface area (Å²) in [5.41, 5.74) is 5.28. The molecule has 124 valence electrons. The van der Waals surface area contributed by atoms with E-state index >= 15 is 0 Å². The van der Waals surface area contributed by atoms with Crippen LogP contribution in [-0.4, -0.2) is 27.7 Å². The molecule has 2 aromatic heterocycles. The van der Waals surface area contributed by atoms with Gasteiger partial charge in [0.25, 0.3) is 0 Å². The Bertz CT molecular complexity index is 882. The summed E-state index contributed by atoms with van der Waals surface area (Å²) in [5.74, 6) is 0.0632. The monoisotopic (exact) mass is 322 g/mol. The molecule has 0 radical (unpaired) electrons. The zero-order valence-corrected chi connectivity index (χ0v) is 14.3. The van der Waals surface area contributed by atoms with E-state index in [0.29, 0.717) is 6.42 Å². The fourth-order valence-electron chi connectivity index (χ4n) is 2.80. The topological polar surface area (TPSA) is 59.8 Å². The number of carbonyl (C=O) groups excluding carboxylic acids is 1. The molecule has 2 heterocycles. The van der Waals surface area contributed by atoms with Gasteiger partial charge in [0.2, 0.25) is 5.91 Å².